The van der Waals surface area contributed by atoms with Gasteiger partial charge in [0.15, 0.2) is 31.8 Å². The topological polar surface area (TPSA) is 142 Å². The Balaban J connectivity index is 0.791. The molecule has 3 aromatic rings. The lowest BCUT2D eigenvalue weighted by atomic mass is 9.55. The first-order chi connectivity index (χ1) is 31.4. The van der Waals surface area contributed by atoms with Crippen molar-refractivity contribution in [1.29, 1.82) is 0 Å². The van der Waals surface area contributed by atoms with Crippen LogP contribution in [0.3, 0.4) is 0 Å². The highest BCUT2D eigenvalue weighted by Crippen LogP contribution is 2.64. The normalized spacial score (nSPS) is 30.5. The zero-order valence-electron chi connectivity index (χ0n) is 43.4. The Hall–Kier alpha value is -2.89. The molecule has 12 nitrogen and oxygen atoms in total. The minimum Gasteiger partial charge on any atom is -0.543 e. The number of aryl methyl sites for hydroxylation is 1. The Labute approximate surface area is 404 Å². The van der Waals surface area contributed by atoms with Gasteiger partial charge in [0.2, 0.25) is 8.32 Å². The molecule has 2 aliphatic heterocycles. The summed E-state index contributed by atoms with van der Waals surface area (Å²) in [7, 11) is -3.87. The second-order valence-corrected chi connectivity index (χ2v) is 34.4. The van der Waals surface area contributed by atoms with E-state index in [2.05, 4.69) is 108 Å². The summed E-state index contributed by atoms with van der Waals surface area (Å²) in [6.07, 6.45) is 17.4. The zero-order valence-corrected chi connectivity index (χ0v) is 45.4. The Bertz CT molecular complexity index is 2220. The number of carbonyl (C=O) groups excluding carboxylic acids is 1. The smallest absolute Gasteiger partial charge is 0.305 e. The summed E-state index contributed by atoms with van der Waals surface area (Å²) in [4.78, 5) is 25.8. The maximum Gasteiger partial charge on any atom is 0.305 e. The second kappa shape index (κ2) is 19.0. The van der Waals surface area contributed by atoms with Gasteiger partial charge in [-0.1, -0.05) is 93.1 Å². The molecule has 10 atom stereocenters. The van der Waals surface area contributed by atoms with Gasteiger partial charge in [-0.2, -0.15) is 0 Å². The Morgan fingerprint density at radius 1 is 0.881 bits per heavy atom. The average Bonchev–Trinajstić information content (AvgIpc) is 3.97. The van der Waals surface area contributed by atoms with E-state index in [0.29, 0.717) is 47.3 Å². The van der Waals surface area contributed by atoms with E-state index < -0.39 is 47.0 Å². The number of nitrogens with zero attached hydrogens (tertiary/aromatic N) is 4. The quantitative estimate of drug-likeness (QED) is 0.0785. The first-order valence-electron chi connectivity index (χ1n) is 26.0. The first kappa shape index (κ1) is 50.5. The maximum absolute atomic E-state index is 12.9. The molecule has 67 heavy (non-hydrogen) atoms. The first-order valence-corrected chi connectivity index (χ1v) is 31.8. The Kier molecular flexibility index (Phi) is 14.3. The van der Waals surface area contributed by atoms with Crippen LogP contribution in [0, 0.1) is 23.2 Å². The molecule has 0 unspecified atom stereocenters. The van der Waals surface area contributed by atoms with E-state index in [9.17, 15) is 4.79 Å². The molecular weight excluding hydrogens is 875 g/mol. The second-order valence-electron chi connectivity index (χ2n) is 24.9. The minimum atomic E-state index is -1.97. The predicted octanol–water partition coefficient (Wildman–Crippen LogP) is 12.4. The van der Waals surface area contributed by atoms with Crippen LogP contribution in [0.2, 0.25) is 36.3 Å². The molecule has 372 valence electrons. The summed E-state index contributed by atoms with van der Waals surface area (Å²) in [6, 6.07) is 7.16. The van der Waals surface area contributed by atoms with Crippen molar-refractivity contribution in [3.8, 4) is 5.75 Å². The number of carbonyl (C=O) groups is 1. The van der Waals surface area contributed by atoms with Crippen molar-refractivity contribution >= 4 is 39.6 Å². The number of imidazole rings is 1. The highest BCUT2D eigenvalue weighted by atomic mass is 28.4. The van der Waals surface area contributed by atoms with Crippen molar-refractivity contribution in [3.63, 3.8) is 0 Å². The van der Waals surface area contributed by atoms with Crippen molar-refractivity contribution in [1.82, 2.24) is 19.5 Å². The Morgan fingerprint density at radius 2 is 1.57 bits per heavy atom. The number of nitrogen functional groups attached to an aromatic ring is 1. The molecular formula is C53H85N5O7Si2. The summed E-state index contributed by atoms with van der Waals surface area (Å²) in [5.74, 6) is 3.08. The number of aromatic nitrogens is 4. The molecule has 1 aromatic carbocycles. The molecule has 2 saturated carbocycles. The molecule has 5 aliphatic rings. The van der Waals surface area contributed by atoms with E-state index in [1.54, 1.807) is 16.5 Å². The fourth-order valence-electron chi connectivity index (χ4n) is 12.1. The van der Waals surface area contributed by atoms with E-state index in [-0.39, 0.29) is 28.1 Å². The molecule has 2 saturated heterocycles. The number of hydrogen-bond donors (Lipinski definition) is 1. The largest absolute Gasteiger partial charge is 0.543 e. The van der Waals surface area contributed by atoms with Crippen LogP contribution in [-0.2, 0) is 34.6 Å². The summed E-state index contributed by atoms with van der Waals surface area (Å²) >= 11 is 0. The fraction of sp³-hybridized carbons (Fsp3) is 0.774. The van der Waals surface area contributed by atoms with Crippen molar-refractivity contribution in [3.05, 3.63) is 42.0 Å². The third-order valence-corrected chi connectivity index (χ3v) is 26.6. The lowest BCUT2D eigenvalue weighted by Gasteiger charge is -2.52. The third kappa shape index (κ3) is 10.3. The molecule has 3 aliphatic carbocycles. The molecule has 4 fully saturated rings. The molecule has 2 N–H and O–H groups in total. The number of hydrogen-bond acceptors (Lipinski definition) is 11. The number of benzene rings is 1. The number of anilines is 1. The summed E-state index contributed by atoms with van der Waals surface area (Å²) < 4.78 is 40.9. The van der Waals surface area contributed by atoms with E-state index in [1.165, 1.54) is 69.7 Å². The van der Waals surface area contributed by atoms with Gasteiger partial charge in [0.1, 0.15) is 42.5 Å². The summed E-state index contributed by atoms with van der Waals surface area (Å²) in [5.41, 5.74) is 10.5. The molecule has 0 bridgehead atoms. The van der Waals surface area contributed by atoms with E-state index in [1.807, 2.05) is 13.8 Å². The van der Waals surface area contributed by atoms with Gasteiger partial charge in [-0.3, -0.25) is 9.36 Å². The molecule has 2 aromatic heterocycles. The van der Waals surface area contributed by atoms with E-state index >= 15 is 0 Å². The van der Waals surface area contributed by atoms with Gasteiger partial charge in [-0.15, -0.1) is 0 Å². The molecule has 14 heteroatoms. The molecule has 8 rings (SSSR count). The maximum atomic E-state index is 12.9. The fourth-order valence-corrected chi connectivity index (χ4v) is 14.6. The SMILES string of the molecule is CC1(C)O[C@@H]2[C@H](O1)[C@@H](COC(=O)CCCCCCCCC[C@H]1C[C@H]3[C@@H]4CCc5cc(O[Si](C)(C)C(C)(C)C)ccc5[C@H]4CC[C@]3(C)[C@H]1O[Si](C)(C)C(C)(C)C)O[C@H]2n1cnc2c(N)ncnc21. The molecule has 0 spiro atoms. The predicted molar refractivity (Wildman–Crippen MR) is 270 cm³/mol. The highest BCUT2D eigenvalue weighted by Gasteiger charge is 2.60. The average molecular weight is 960 g/mol. The monoisotopic (exact) mass is 960 g/mol. The van der Waals surface area contributed by atoms with Crippen LogP contribution in [0.4, 0.5) is 5.82 Å². The van der Waals surface area contributed by atoms with E-state index in [0.717, 1.165) is 37.4 Å². The molecule has 0 amide bonds. The lowest BCUT2D eigenvalue weighted by molar-refractivity contribution is -0.202. The van der Waals surface area contributed by atoms with Crippen molar-refractivity contribution in [2.45, 2.75) is 231 Å². The van der Waals surface area contributed by atoms with Gasteiger partial charge < -0.3 is 33.5 Å². The minimum absolute atomic E-state index is 0.0893. The van der Waals surface area contributed by atoms with Crippen molar-refractivity contribution < 1.29 is 32.6 Å². The summed E-state index contributed by atoms with van der Waals surface area (Å²) in [5, 5.41) is 0.369. The number of rotatable bonds is 17. The van der Waals surface area contributed by atoms with Crippen LogP contribution < -0.4 is 10.2 Å². The van der Waals surface area contributed by atoms with Crippen LogP contribution in [0.5, 0.6) is 5.75 Å². The molecule has 4 heterocycles. The number of nitrogens with two attached hydrogens (primary N) is 1. The zero-order chi connectivity index (χ0) is 48.3. The number of esters is 1. The van der Waals surface area contributed by atoms with Crippen LogP contribution in [-0.4, -0.2) is 78.9 Å². The third-order valence-electron chi connectivity index (χ3n) is 17.8. The number of unbranched alkanes of at least 4 members (excludes halogenated alkanes) is 6. The van der Waals surface area contributed by atoms with Crippen LogP contribution in [0.15, 0.2) is 30.9 Å². The molecule has 0 radical (unpaired) electrons. The van der Waals surface area contributed by atoms with Crippen LogP contribution in [0.25, 0.3) is 11.2 Å². The van der Waals surface area contributed by atoms with Gasteiger partial charge in [0, 0.05) is 6.42 Å². The van der Waals surface area contributed by atoms with E-state index in [4.69, 9.17) is 33.5 Å². The number of fused-ring (bicyclic) bond motifs is 7. The van der Waals surface area contributed by atoms with Gasteiger partial charge >= 0.3 is 5.97 Å². The van der Waals surface area contributed by atoms with Gasteiger partial charge in [0.05, 0.1) is 12.4 Å². The van der Waals surface area contributed by atoms with Crippen LogP contribution >= 0.6 is 0 Å². The number of ether oxygens (including phenoxy) is 4. The highest BCUT2D eigenvalue weighted by molar-refractivity contribution is 6.75. The van der Waals surface area contributed by atoms with Crippen molar-refractivity contribution in [2.24, 2.45) is 23.2 Å². The van der Waals surface area contributed by atoms with Gasteiger partial charge in [0.25, 0.3) is 0 Å². The van der Waals surface area contributed by atoms with Crippen LogP contribution in [0.1, 0.15) is 169 Å². The lowest BCUT2D eigenvalue weighted by Crippen LogP contribution is -2.51. The standard InChI is InChI=1S/C53H85N5O7Si2/c1-50(2,3)66(10,11)64-36-24-26-37-34(29-36)23-25-39-38(37)27-28-53(9)40(39)30-35(46(53)65-67(12,13)51(4,5)6)21-19-17-15-14-16-18-20-22-42(59)60-31-41-44-45(63-52(7,8)62-44)49(61-41)58-33-57-43-47(54)55-32-56-48(43)58/h24,26,29,32-33,35,38-41,44-46,49H,14-23,25,27-28,30-31H2,1-13H3,(H2,54,55,56)/t35-,38+,39+,40-,41+,44+,45+,46-,49+,53-/m0/s1. The Morgan fingerprint density at radius 3 is 2.28 bits per heavy atom. The van der Waals surface area contributed by atoms with Gasteiger partial charge in [-0.05, 0) is 147 Å². The van der Waals surface area contributed by atoms with Crippen molar-refractivity contribution in [2.75, 3.05) is 12.3 Å². The van der Waals surface area contributed by atoms with Gasteiger partial charge in [-0.25, -0.2) is 15.0 Å². The summed E-state index contributed by atoms with van der Waals surface area (Å²) in [6.45, 7) is 30.3.